The standard InChI is InChI=1S/C8H16S/c1-3-5-6-7-8-9-4-2/h3,5H,4,6-8H2,1-2H3. The van der Waals surface area contributed by atoms with E-state index >= 15 is 0 Å². The Labute approximate surface area is 62.7 Å². The van der Waals surface area contributed by atoms with Gasteiger partial charge in [0.1, 0.15) is 0 Å². The third-order valence-corrected chi connectivity index (χ3v) is 2.08. The van der Waals surface area contributed by atoms with E-state index in [1.54, 1.807) is 0 Å². The quantitative estimate of drug-likeness (QED) is 0.422. The van der Waals surface area contributed by atoms with Crippen molar-refractivity contribution in [2.45, 2.75) is 26.7 Å². The van der Waals surface area contributed by atoms with Crippen LogP contribution in [0.15, 0.2) is 12.2 Å². The van der Waals surface area contributed by atoms with Crippen LogP contribution < -0.4 is 0 Å². The molecular weight excluding hydrogens is 128 g/mol. The maximum absolute atomic E-state index is 2.23. The van der Waals surface area contributed by atoms with Gasteiger partial charge < -0.3 is 0 Å². The number of rotatable bonds is 5. The minimum Gasteiger partial charge on any atom is -0.162 e. The Balaban J connectivity index is 2.75. The zero-order chi connectivity index (χ0) is 6.95. The number of allylic oxidation sites excluding steroid dienone is 2. The SMILES string of the molecule is CC=CCCCSCC. The molecule has 54 valence electrons. The van der Waals surface area contributed by atoms with E-state index < -0.39 is 0 Å². The van der Waals surface area contributed by atoms with E-state index in [2.05, 4.69) is 26.0 Å². The van der Waals surface area contributed by atoms with E-state index in [0.29, 0.717) is 0 Å². The molecule has 0 spiro atoms. The van der Waals surface area contributed by atoms with Crippen LogP contribution in [0.25, 0.3) is 0 Å². The van der Waals surface area contributed by atoms with Crippen molar-refractivity contribution in [3.8, 4) is 0 Å². The zero-order valence-corrected chi connectivity index (χ0v) is 7.21. The summed E-state index contributed by atoms with van der Waals surface area (Å²) >= 11 is 2.02. The summed E-state index contributed by atoms with van der Waals surface area (Å²) in [5, 5.41) is 0. The Morgan fingerprint density at radius 1 is 1.44 bits per heavy atom. The van der Waals surface area contributed by atoms with Crippen LogP contribution in [0.2, 0.25) is 0 Å². The third-order valence-electron chi connectivity index (χ3n) is 1.10. The fraction of sp³-hybridized carbons (Fsp3) is 0.750. The first kappa shape index (κ1) is 9.09. The molecule has 0 aliphatic rings. The smallest absolute Gasteiger partial charge is 0.00647 e. The highest BCUT2D eigenvalue weighted by atomic mass is 32.2. The molecular formula is C8H16S. The summed E-state index contributed by atoms with van der Waals surface area (Å²) in [6.45, 7) is 4.29. The van der Waals surface area contributed by atoms with E-state index in [0.717, 1.165) is 0 Å². The van der Waals surface area contributed by atoms with Crippen molar-refractivity contribution in [1.29, 1.82) is 0 Å². The summed E-state index contributed by atoms with van der Waals surface area (Å²) < 4.78 is 0. The van der Waals surface area contributed by atoms with E-state index in [9.17, 15) is 0 Å². The Morgan fingerprint density at radius 2 is 2.22 bits per heavy atom. The molecule has 0 aromatic rings. The molecule has 0 N–H and O–H groups in total. The molecule has 1 heteroatoms. The van der Waals surface area contributed by atoms with Crippen LogP contribution >= 0.6 is 11.8 Å². The molecule has 0 aromatic carbocycles. The molecule has 0 saturated heterocycles. The monoisotopic (exact) mass is 144 g/mol. The van der Waals surface area contributed by atoms with Crippen molar-refractivity contribution in [2.75, 3.05) is 11.5 Å². The fourth-order valence-electron chi connectivity index (χ4n) is 0.614. The topological polar surface area (TPSA) is 0 Å². The van der Waals surface area contributed by atoms with Crippen molar-refractivity contribution in [3.63, 3.8) is 0 Å². The molecule has 0 unspecified atom stereocenters. The van der Waals surface area contributed by atoms with Crippen LogP contribution in [0.3, 0.4) is 0 Å². The van der Waals surface area contributed by atoms with Crippen molar-refractivity contribution < 1.29 is 0 Å². The Kier molecular flexibility index (Phi) is 8.17. The van der Waals surface area contributed by atoms with E-state index in [-0.39, 0.29) is 0 Å². The van der Waals surface area contributed by atoms with Gasteiger partial charge in [-0.1, -0.05) is 19.1 Å². The van der Waals surface area contributed by atoms with Gasteiger partial charge in [-0.3, -0.25) is 0 Å². The minimum absolute atomic E-state index is 1.25. The second-order valence-corrected chi connectivity index (χ2v) is 3.30. The van der Waals surface area contributed by atoms with Crippen molar-refractivity contribution in [3.05, 3.63) is 12.2 Å². The Hall–Kier alpha value is 0.0900. The first-order chi connectivity index (χ1) is 4.41. The Morgan fingerprint density at radius 3 is 2.78 bits per heavy atom. The van der Waals surface area contributed by atoms with Gasteiger partial charge in [-0.05, 0) is 31.3 Å². The van der Waals surface area contributed by atoms with Crippen LogP contribution in [0.4, 0.5) is 0 Å². The van der Waals surface area contributed by atoms with Crippen molar-refractivity contribution in [2.24, 2.45) is 0 Å². The maximum atomic E-state index is 2.23. The highest BCUT2D eigenvalue weighted by Gasteiger charge is 1.82. The number of unbranched alkanes of at least 4 members (excludes halogenated alkanes) is 1. The predicted molar refractivity (Wildman–Crippen MR) is 47.0 cm³/mol. The lowest BCUT2D eigenvalue weighted by Crippen LogP contribution is -1.77. The lowest BCUT2D eigenvalue weighted by Gasteiger charge is -1.92. The average molecular weight is 144 g/mol. The summed E-state index contributed by atoms with van der Waals surface area (Å²) in [5.41, 5.74) is 0. The van der Waals surface area contributed by atoms with E-state index in [1.165, 1.54) is 24.3 Å². The van der Waals surface area contributed by atoms with Gasteiger partial charge in [-0.2, -0.15) is 11.8 Å². The molecule has 0 fully saturated rings. The summed E-state index contributed by atoms with van der Waals surface area (Å²) in [6.07, 6.45) is 6.94. The molecule has 0 aliphatic carbocycles. The molecule has 0 amide bonds. The first-order valence-corrected chi connectivity index (χ1v) is 4.76. The summed E-state index contributed by atoms with van der Waals surface area (Å²) in [6, 6.07) is 0. The van der Waals surface area contributed by atoms with Crippen LogP contribution in [0, 0.1) is 0 Å². The molecule has 0 aromatic heterocycles. The van der Waals surface area contributed by atoms with Crippen LogP contribution in [-0.2, 0) is 0 Å². The lowest BCUT2D eigenvalue weighted by atomic mass is 10.3. The van der Waals surface area contributed by atoms with Crippen molar-refractivity contribution >= 4 is 11.8 Å². The van der Waals surface area contributed by atoms with Crippen LogP contribution in [-0.4, -0.2) is 11.5 Å². The van der Waals surface area contributed by atoms with Gasteiger partial charge in [0.2, 0.25) is 0 Å². The maximum Gasteiger partial charge on any atom is -0.00647 e. The minimum atomic E-state index is 1.25. The molecule has 0 nitrogen and oxygen atoms in total. The van der Waals surface area contributed by atoms with Crippen LogP contribution in [0.5, 0.6) is 0 Å². The molecule has 0 rings (SSSR count). The lowest BCUT2D eigenvalue weighted by molar-refractivity contribution is 0.970. The average Bonchev–Trinajstić information content (AvgIpc) is 1.89. The molecule has 0 radical (unpaired) electrons. The molecule has 0 bridgehead atoms. The highest BCUT2D eigenvalue weighted by Crippen LogP contribution is 2.03. The number of hydrogen-bond donors (Lipinski definition) is 0. The number of hydrogen-bond acceptors (Lipinski definition) is 1. The zero-order valence-electron chi connectivity index (χ0n) is 6.39. The summed E-state index contributed by atoms with van der Waals surface area (Å²) in [7, 11) is 0. The highest BCUT2D eigenvalue weighted by molar-refractivity contribution is 7.99. The number of thioether (sulfide) groups is 1. The van der Waals surface area contributed by atoms with Gasteiger partial charge in [0, 0.05) is 0 Å². The fourth-order valence-corrected chi connectivity index (χ4v) is 1.27. The van der Waals surface area contributed by atoms with Gasteiger partial charge in [-0.15, -0.1) is 0 Å². The van der Waals surface area contributed by atoms with E-state index in [1.807, 2.05) is 11.8 Å². The van der Waals surface area contributed by atoms with Gasteiger partial charge >= 0.3 is 0 Å². The normalized spacial score (nSPS) is 10.9. The molecule has 0 heterocycles. The first-order valence-electron chi connectivity index (χ1n) is 3.60. The molecule has 0 aliphatic heterocycles. The second kappa shape index (κ2) is 8.09. The molecule has 0 saturated carbocycles. The largest absolute Gasteiger partial charge is 0.162 e. The second-order valence-electron chi connectivity index (χ2n) is 1.91. The van der Waals surface area contributed by atoms with Gasteiger partial charge in [0.05, 0.1) is 0 Å². The van der Waals surface area contributed by atoms with Gasteiger partial charge in [0.25, 0.3) is 0 Å². The molecule has 9 heavy (non-hydrogen) atoms. The van der Waals surface area contributed by atoms with Gasteiger partial charge in [0.15, 0.2) is 0 Å². The summed E-state index contributed by atoms with van der Waals surface area (Å²) in [4.78, 5) is 0. The van der Waals surface area contributed by atoms with Crippen molar-refractivity contribution in [1.82, 2.24) is 0 Å². The van der Waals surface area contributed by atoms with E-state index in [4.69, 9.17) is 0 Å². The summed E-state index contributed by atoms with van der Waals surface area (Å²) in [5.74, 6) is 2.58. The predicted octanol–water partition coefficient (Wildman–Crippen LogP) is 3.10. The molecule has 0 atom stereocenters. The Bertz CT molecular complexity index is 67.0. The third kappa shape index (κ3) is 8.09. The van der Waals surface area contributed by atoms with Crippen LogP contribution in [0.1, 0.15) is 26.7 Å². The van der Waals surface area contributed by atoms with Gasteiger partial charge in [-0.25, -0.2) is 0 Å².